The first kappa shape index (κ1) is 7.91. The van der Waals surface area contributed by atoms with Crippen LogP contribution in [-0.2, 0) is 4.74 Å². The Labute approximate surface area is 65.6 Å². The van der Waals surface area contributed by atoms with E-state index in [1.807, 2.05) is 13.8 Å². The molecule has 4 heteroatoms. The van der Waals surface area contributed by atoms with Crippen LogP contribution in [0, 0.1) is 0 Å². The van der Waals surface area contributed by atoms with Crippen LogP contribution in [0.15, 0.2) is 12.0 Å². The molecule has 1 aliphatic rings. The highest BCUT2D eigenvalue weighted by atomic mass is 16.5. The van der Waals surface area contributed by atoms with Gasteiger partial charge in [-0.3, -0.25) is 0 Å². The Hall–Kier alpha value is -1.19. The van der Waals surface area contributed by atoms with Crippen molar-refractivity contribution in [1.82, 2.24) is 10.6 Å². The molecule has 2 N–H and O–H groups in total. The third kappa shape index (κ3) is 2.49. The molecule has 0 aromatic rings. The lowest BCUT2D eigenvalue weighted by Crippen LogP contribution is -2.20. The summed E-state index contributed by atoms with van der Waals surface area (Å²) in [6.07, 6.45) is 1.72. The van der Waals surface area contributed by atoms with Crippen LogP contribution < -0.4 is 10.6 Å². The van der Waals surface area contributed by atoms with Gasteiger partial charge in [0.2, 0.25) is 0 Å². The Morgan fingerprint density at radius 3 is 2.82 bits per heavy atom. The van der Waals surface area contributed by atoms with Crippen LogP contribution in [-0.4, -0.2) is 18.7 Å². The van der Waals surface area contributed by atoms with Crippen molar-refractivity contribution in [3.8, 4) is 0 Å². The molecule has 0 unspecified atom stereocenters. The van der Waals surface area contributed by atoms with E-state index >= 15 is 0 Å². The monoisotopic (exact) mass is 156 g/mol. The largest absolute Gasteiger partial charge is 0.497 e. The summed E-state index contributed by atoms with van der Waals surface area (Å²) in [5, 5.41) is 5.19. The standard InChI is InChI=1S/C7H12N2O2/c1-5(2)11-4-6-3-8-7(10)9-6/h4-5H,3H2,1-2H3,(H2,8,9,10)/b6-4+. The summed E-state index contributed by atoms with van der Waals surface area (Å²) >= 11 is 0. The number of carbonyl (C=O) groups is 1. The minimum atomic E-state index is -0.163. The summed E-state index contributed by atoms with van der Waals surface area (Å²) in [7, 11) is 0. The first-order valence-electron chi connectivity index (χ1n) is 3.58. The minimum Gasteiger partial charge on any atom is -0.497 e. The Kier molecular flexibility index (Phi) is 2.36. The molecule has 1 rings (SSSR count). The first-order valence-corrected chi connectivity index (χ1v) is 3.58. The van der Waals surface area contributed by atoms with E-state index in [-0.39, 0.29) is 12.1 Å². The van der Waals surface area contributed by atoms with Gasteiger partial charge in [0.15, 0.2) is 0 Å². The number of hydrogen-bond acceptors (Lipinski definition) is 2. The van der Waals surface area contributed by atoms with Crippen molar-refractivity contribution < 1.29 is 9.53 Å². The van der Waals surface area contributed by atoms with Crippen LogP contribution >= 0.6 is 0 Å². The van der Waals surface area contributed by atoms with Gasteiger partial charge in [-0.15, -0.1) is 0 Å². The van der Waals surface area contributed by atoms with Crippen LogP contribution in [0.5, 0.6) is 0 Å². The Balaban J connectivity index is 2.36. The molecule has 11 heavy (non-hydrogen) atoms. The number of ether oxygens (including phenoxy) is 1. The van der Waals surface area contributed by atoms with Gasteiger partial charge in [0.1, 0.15) is 6.26 Å². The summed E-state index contributed by atoms with van der Waals surface area (Å²) in [6, 6.07) is -0.163. The number of rotatable bonds is 2. The molecule has 0 bridgehead atoms. The van der Waals surface area contributed by atoms with Crippen LogP contribution in [0.4, 0.5) is 4.79 Å². The fourth-order valence-corrected chi connectivity index (χ4v) is 0.699. The van der Waals surface area contributed by atoms with Crippen molar-refractivity contribution in [2.75, 3.05) is 6.54 Å². The van der Waals surface area contributed by atoms with E-state index < -0.39 is 0 Å². The zero-order valence-corrected chi connectivity index (χ0v) is 6.68. The molecule has 0 atom stereocenters. The molecule has 62 valence electrons. The fraction of sp³-hybridized carbons (Fsp3) is 0.571. The summed E-state index contributed by atoms with van der Waals surface area (Å²) < 4.78 is 5.16. The highest BCUT2D eigenvalue weighted by molar-refractivity contribution is 5.79. The Bertz CT molecular complexity index is 187. The molecule has 2 amide bonds. The van der Waals surface area contributed by atoms with E-state index in [1.54, 1.807) is 6.26 Å². The number of urea groups is 1. The molecule has 0 aromatic carbocycles. The highest BCUT2D eigenvalue weighted by Crippen LogP contribution is 1.97. The van der Waals surface area contributed by atoms with Gasteiger partial charge in [-0.05, 0) is 13.8 Å². The van der Waals surface area contributed by atoms with Crippen molar-refractivity contribution >= 4 is 6.03 Å². The van der Waals surface area contributed by atoms with Crippen molar-refractivity contribution in [3.05, 3.63) is 12.0 Å². The van der Waals surface area contributed by atoms with Crippen molar-refractivity contribution in [1.29, 1.82) is 0 Å². The molecule has 1 saturated heterocycles. The topological polar surface area (TPSA) is 50.4 Å². The van der Waals surface area contributed by atoms with E-state index in [2.05, 4.69) is 10.6 Å². The maximum Gasteiger partial charge on any atom is 0.319 e. The molecule has 0 aromatic heterocycles. The predicted octanol–water partition coefficient (Wildman–Crippen LogP) is 0.566. The van der Waals surface area contributed by atoms with Crippen LogP contribution in [0.3, 0.4) is 0 Å². The molecule has 1 aliphatic heterocycles. The number of carbonyl (C=O) groups excluding carboxylic acids is 1. The summed E-state index contributed by atoms with van der Waals surface area (Å²) in [5.74, 6) is 0. The van der Waals surface area contributed by atoms with E-state index in [1.165, 1.54) is 0 Å². The fourth-order valence-electron chi connectivity index (χ4n) is 0.699. The molecule has 4 nitrogen and oxygen atoms in total. The quantitative estimate of drug-likeness (QED) is 0.574. The van der Waals surface area contributed by atoms with Gasteiger partial charge in [-0.1, -0.05) is 0 Å². The second-order valence-electron chi connectivity index (χ2n) is 2.64. The Morgan fingerprint density at radius 2 is 2.36 bits per heavy atom. The maximum absolute atomic E-state index is 10.6. The normalized spacial score (nSPS) is 20.3. The number of amides is 2. The average molecular weight is 156 g/mol. The first-order chi connectivity index (χ1) is 5.18. The van der Waals surface area contributed by atoms with Crippen molar-refractivity contribution in [2.24, 2.45) is 0 Å². The molecule has 1 heterocycles. The number of hydrogen-bond donors (Lipinski definition) is 2. The zero-order chi connectivity index (χ0) is 8.27. The van der Waals surface area contributed by atoms with Gasteiger partial charge in [-0.2, -0.15) is 0 Å². The van der Waals surface area contributed by atoms with Gasteiger partial charge in [0, 0.05) is 0 Å². The molecule has 0 saturated carbocycles. The van der Waals surface area contributed by atoms with E-state index in [0.29, 0.717) is 6.54 Å². The lowest BCUT2D eigenvalue weighted by atomic mass is 10.5. The van der Waals surface area contributed by atoms with Crippen molar-refractivity contribution in [3.63, 3.8) is 0 Å². The number of nitrogens with one attached hydrogen (secondary N) is 2. The highest BCUT2D eigenvalue weighted by Gasteiger charge is 2.12. The lowest BCUT2D eigenvalue weighted by molar-refractivity contribution is 0.176. The van der Waals surface area contributed by atoms with Gasteiger partial charge < -0.3 is 15.4 Å². The molecule has 1 fully saturated rings. The molecule has 0 spiro atoms. The lowest BCUT2D eigenvalue weighted by Gasteiger charge is -2.03. The minimum absolute atomic E-state index is 0.153. The second-order valence-corrected chi connectivity index (χ2v) is 2.64. The summed E-state index contributed by atoms with van der Waals surface area (Å²) in [4.78, 5) is 10.6. The van der Waals surface area contributed by atoms with Gasteiger partial charge >= 0.3 is 6.03 Å². The predicted molar refractivity (Wildman–Crippen MR) is 40.8 cm³/mol. The summed E-state index contributed by atoms with van der Waals surface area (Å²) in [6.45, 7) is 4.40. The van der Waals surface area contributed by atoms with Gasteiger partial charge in [-0.25, -0.2) is 4.79 Å². The van der Waals surface area contributed by atoms with Crippen molar-refractivity contribution in [2.45, 2.75) is 20.0 Å². The third-order valence-electron chi connectivity index (χ3n) is 1.20. The molecular formula is C7H12N2O2. The Morgan fingerprint density at radius 1 is 1.64 bits per heavy atom. The van der Waals surface area contributed by atoms with E-state index in [4.69, 9.17) is 4.74 Å². The molecule has 0 radical (unpaired) electrons. The van der Waals surface area contributed by atoms with Crippen LogP contribution in [0.1, 0.15) is 13.8 Å². The van der Waals surface area contributed by atoms with Crippen LogP contribution in [0.2, 0.25) is 0 Å². The zero-order valence-electron chi connectivity index (χ0n) is 6.68. The van der Waals surface area contributed by atoms with E-state index in [0.717, 1.165) is 5.70 Å². The second kappa shape index (κ2) is 3.27. The van der Waals surface area contributed by atoms with Crippen LogP contribution in [0.25, 0.3) is 0 Å². The smallest absolute Gasteiger partial charge is 0.319 e. The summed E-state index contributed by atoms with van der Waals surface area (Å²) in [5.41, 5.74) is 0.781. The maximum atomic E-state index is 10.6. The third-order valence-corrected chi connectivity index (χ3v) is 1.20. The van der Waals surface area contributed by atoms with Gasteiger partial charge in [0.25, 0.3) is 0 Å². The molecule has 0 aliphatic carbocycles. The SMILES string of the molecule is CC(C)O/C=C1\CNC(=O)N1. The molecular weight excluding hydrogens is 144 g/mol. The van der Waals surface area contributed by atoms with Gasteiger partial charge in [0.05, 0.1) is 18.3 Å². The van der Waals surface area contributed by atoms with E-state index in [9.17, 15) is 4.79 Å². The average Bonchev–Trinajstić information content (AvgIpc) is 2.31.